The van der Waals surface area contributed by atoms with E-state index in [0.717, 1.165) is 41.8 Å². The van der Waals surface area contributed by atoms with Gasteiger partial charge in [0.05, 0.1) is 28.6 Å². The van der Waals surface area contributed by atoms with E-state index >= 15 is 0 Å². The molecule has 1 heterocycles. The number of ether oxygens (including phenoxy) is 3. The van der Waals surface area contributed by atoms with Gasteiger partial charge in [-0.2, -0.15) is 5.26 Å². The minimum absolute atomic E-state index is 0.0804. The van der Waals surface area contributed by atoms with Gasteiger partial charge in [-0.15, -0.1) is 0 Å². The van der Waals surface area contributed by atoms with Crippen LogP contribution >= 0.6 is 15.9 Å². The minimum atomic E-state index is -1.05. The number of Topliss-reactive ketones (excluding diaryl/α,β-unsaturated/α-hetero) is 1. The van der Waals surface area contributed by atoms with Gasteiger partial charge in [-0.3, -0.25) is 4.79 Å². The summed E-state index contributed by atoms with van der Waals surface area (Å²) < 4.78 is 18.0. The van der Waals surface area contributed by atoms with Crippen molar-refractivity contribution in [1.29, 1.82) is 5.26 Å². The smallest absolute Gasteiger partial charge is 0.341 e. The van der Waals surface area contributed by atoms with Crippen molar-refractivity contribution in [3.63, 3.8) is 0 Å². The number of carbonyl (C=O) groups excluding carboxylic acids is 1. The van der Waals surface area contributed by atoms with Gasteiger partial charge in [-0.1, -0.05) is 25.5 Å². The molecule has 0 saturated heterocycles. The van der Waals surface area contributed by atoms with Crippen LogP contribution < -0.4 is 19.5 Å². The SMILES string of the molecule is CCCC1CC(=O)C2=C(C1)NC(C)=C(C#N)C2c1cc(Br)c(OCc2cccc(OCC(=O)O)c2)c(OCC)c1. The van der Waals surface area contributed by atoms with Crippen LogP contribution in [0, 0.1) is 17.2 Å². The Labute approximate surface area is 242 Å². The maximum atomic E-state index is 13.5. The molecule has 2 aliphatic rings. The Balaban J connectivity index is 1.67. The number of benzene rings is 2. The number of dihydropyridines is 1. The second-order valence-electron chi connectivity index (χ2n) is 9.97. The van der Waals surface area contributed by atoms with Crippen LogP contribution in [0.5, 0.6) is 17.2 Å². The number of ketones is 1. The molecular weight excluding hydrogens is 576 g/mol. The molecule has 2 N–H and O–H groups in total. The molecule has 0 spiro atoms. The topological polar surface area (TPSA) is 118 Å². The molecule has 0 fully saturated rings. The largest absolute Gasteiger partial charge is 0.490 e. The number of hydrogen-bond donors (Lipinski definition) is 2. The van der Waals surface area contributed by atoms with Crippen molar-refractivity contribution in [1.82, 2.24) is 5.32 Å². The molecule has 210 valence electrons. The molecule has 0 aromatic heterocycles. The van der Waals surface area contributed by atoms with E-state index in [2.05, 4.69) is 34.2 Å². The third kappa shape index (κ3) is 6.50. The van der Waals surface area contributed by atoms with Gasteiger partial charge >= 0.3 is 5.97 Å². The first-order valence-corrected chi connectivity index (χ1v) is 14.2. The highest BCUT2D eigenvalue weighted by atomic mass is 79.9. The lowest BCUT2D eigenvalue weighted by Gasteiger charge is -2.35. The van der Waals surface area contributed by atoms with E-state index in [-0.39, 0.29) is 12.4 Å². The summed E-state index contributed by atoms with van der Waals surface area (Å²) in [5.41, 5.74) is 4.41. The summed E-state index contributed by atoms with van der Waals surface area (Å²) >= 11 is 3.64. The van der Waals surface area contributed by atoms with E-state index < -0.39 is 18.5 Å². The molecule has 0 saturated carbocycles. The Hall–Kier alpha value is -3.77. The van der Waals surface area contributed by atoms with E-state index in [9.17, 15) is 14.9 Å². The molecule has 2 unspecified atom stereocenters. The van der Waals surface area contributed by atoms with Crippen molar-refractivity contribution in [3.8, 4) is 23.3 Å². The van der Waals surface area contributed by atoms with Crippen LogP contribution in [0.1, 0.15) is 63.5 Å². The van der Waals surface area contributed by atoms with Crippen molar-refractivity contribution < 1.29 is 28.9 Å². The van der Waals surface area contributed by atoms with Crippen molar-refractivity contribution in [2.45, 2.75) is 59.0 Å². The van der Waals surface area contributed by atoms with E-state index in [1.165, 1.54) is 0 Å². The molecule has 0 radical (unpaired) electrons. The normalized spacial score (nSPS) is 18.5. The third-order valence-corrected chi connectivity index (χ3v) is 7.63. The minimum Gasteiger partial charge on any atom is -0.490 e. The summed E-state index contributed by atoms with van der Waals surface area (Å²) in [6.07, 6.45) is 3.29. The Bertz CT molecular complexity index is 1410. The number of hydrogen-bond acceptors (Lipinski definition) is 7. The number of nitrogens with one attached hydrogen (secondary N) is 1. The molecule has 1 aliphatic carbocycles. The van der Waals surface area contributed by atoms with Gasteiger partial charge in [0.2, 0.25) is 0 Å². The number of nitrogens with zero attached hydrogens (tertiary/aromatic N) is 1. The summed E-state index contributed by atoms with van der Waals surface area (Å²) in [7, 11) is 0. The third-order valence-electron chi connectivity index (χ3n) is 7.04. The fourth-order valence-electron chi connectivity index (χ4n) is 5.40. The average molecular weight is 610 g/mol. The molecule has 2 aromatic rings. The lowest BCUT2D eigenvalue weighted by molar-refractivity contribution is -0.139. The summed E-state index contributed by atoms with van der Waals surface area (Å²) in [5, 5.41) is 22.3. The van der Waals surface area contributed by atoms with Crippen molar-refractivity contribution >= 4 is 27.7 Å². The van der Waals surface area contributed by atoms with Crippen LogP contribution in [0.15, 0.2) is 63.4 Å². The zero-order valence-corrected chi connectivity index (χ0v) is 24.5. The molecule has 8 nitrogen and oxygen atoms in total. The van der Waals surface area contributed by atoms with E-state index in [1.807, 2.05) is 32.0 Å². The summed E-state index contributed by atoms with van der Waals surface area (Å²) in [6, 6.07) is 13.1. The number of nitriles is 1. The van der Waals surface area contributed by atoms with E-state index in [1.54, 1.807) is 18.2 Å². The predicted octanol–water partition coefficient (Wildman–Crippen LogP) is 6.41. The van der Waals surface area contributed by atoms with E-state index in [0.29, 0.717) is 51.8 Å². The Morgan fingerprint density at radius 1 is 1.18 bits per heavy atom. The number of allylic oxidation sites excluding steroid dienone is 4. The van der Waals surface area contributed by atoms with Crippen LogP contribution in [0.2, 0.25) is 0 Å². The second kappa shape index (κ2) is 13.1. The maximum absolute atomic E-state index is 13.5. The van der Waals surface area contributed by atoms with Crippen molar-refractivity contribution in [2.75, 3.05) is 13.2 Å². The first-order valence-electron chi connectivity index (χ1n) is 13.4. The van der Waals surface area contributed by atoms with Gasteiger partial charge in [0.1, 0.15) is 12.4 Å². The fourth-order valence-corrected chi connectivity index (χ4v) is 5.97. The number of halogens is 1. The zero-order chi connectivity index (χ0) is 28.8. The van der Waals surface area contributed by atoms with Gasteiger partial charge in [-0.25, -0.2) is 4.79 Å². The van der Waals surface area contributed by atoms with Gasteiger partial charge in [0.25, 0.3) is 0 Å². The highest BCUT2D eigenvalue weighted by Crippen LogP contribution is 2.47. The first kappa shape index (κ1) is 29.2. The number of carboxylic acid groups (broad SMARTS) is 1. The lowest BCUT2D eigenvalue weighted by Crippen LogP contribution is -2.34. The zero-order valence-electron chi connectivity index (χ0n) is 22.9. The first-order chi connectivity index (χ1) is 19.2. The highest BCUT2D eigenvalue weighted by molar-refractivity contribution is 9.10. The highest BCUT2D eigenvalue weighted by Gasteiger charge is 2.39. The van der Waals surface area contributed by atoms with Crippen LogP contribution in [0.3, 0.4) is 0 Å². The number of aliphatic carboxylic acids is 1. The van der Waals surface area contributed by atoms with Crippen molar-refractivity contribution in [2.24, 2.45) is 5.92 Å². The summed E-state index contributed by atoms with van der Waals surface area (Å²) in [6.45, 7) is 6.04. The van der Waals surface area contributed by atoms with Gasteiger partial charge < -0.3 is 24.6 Å². The van der Waals surface area contributed by atoms with Gasteiger partial charge in [0, 0.05) is 23.4 Å². The van der Waals surface area contributed by atoms with Gasteiger partial charge in [0.15, 0.2) is 23.9 Å². The molecule has 0 bridgehead atoms. The fraction of sp³-hybridized carbons (Fsp3) is 0.387. The monoisotopic (exact) mass is 608 g/mol. The van der Waals surface area contributed by atoms with Gasteiger partial charge in [-0.05, 0) is 83.9 Å². The maximum Gasteiger partial charge on any atom is 0.341 e. The van der Waals surface area contributed by atoms with Crippen molar-refractivity contribution in [3.05, 3.63) is 74.5 Å². The standard InChI is InChI=1S/C31H33BrN2O6/c1-4-7-19-11-25-30(26(35)12-19)29(23(15-33)18(3)34-25)21-13-24(32)31(27(14-21)38-5-2)40-16-20-8-6-9-22(10-20)39-17-28(36)37/h6,8-10,13-14,19,29,34H,4-5,7,11-12,16-17H2,1-3H3,(H,36,37). The second-order valence-corrected chi connectivity index (χ2v) is 10.8. The molecule has 4 rings (SSSR count). The van der Waals surface area contributed by atoms with E-state index in [4.69, 9.17) is 19.3 Å². The quantitative estimate of drug-likeness (QED) is 0.300. The number of rotatable bonds is 11. The predicted molar refractivity (Wildman–Crippen MR) is 153 cm³/mol. The molecule has 40 heavy (non-hydrogen) atoms. The van der Waals surface area contributed by atoms with Crippen LogP contribution in [-0.4, -0.2) is 30.1 Å². The molecule has 0 amide bonds. The number of carboxylic acids is 1. The summed E-state index contributed by atoms with van der Waals surface area (Å²) in [5.74, 6) is 0.248. The number of carbonyl (C=O) groups is 2. The summed E-state index contributed by atoms with van der Waals surface area (Å²) in [4.78, 5) is 24.3. The Kier molecular flexibility index (Phi) is 9.54. The Morgan fingerprint density at radius 3 is 2.67 bits per heavy atom. The average Bonchev–Trinajstić information content (AvgIpc) is 2.91. The molecule has 9 heteroatoms. The lowest BCUT2D eigenvalue weighted by atomic mass is 9.72. The molecule has 2 aromatic carbocycles. The van der Waals surface area contributed by atoms with Crippen LogP contribution in [0.25, 0.3) is 0 Å². The molecule has 2 atom stereocenters. The van der Waals surface area contributed by atoms with Crippen LogP contribution in [-0.2, 0) is 16.2 Å². The molecule has 1 aliphatic heterocycles. The molecular formula is C31H33BrN2O6. The Morgan fingerprint density at radius 2 is 1.98 bits per heavy atom. The van der Waals surface area contributed by atoms with Crippen LogP contribution in [0.4, 0.5) is 0 Å².